The summed E-state index contributed by atoms with van der Waals surface area (Å²) < 4.78 is 12.1. The Morgan fingerprint density at radius 1 is 1.25 bits per heavy atom. The second-order valence-electron chi connectivity index (χ2n) is 14.5. The first-order valence-corrected chi connectivity index (χ1v) is 18.3. The molecule has 1 atom stereocenters. The Morgan fingerprint density at radius 2 is 1.98 bits per heavy atom. The van der Waals surface area contributed by atoms with E-state index in [9.17, 15) is 14.9 Å². The lowest BCUT2D eigenvalue weighted by Crippen LogP contribution is -2.41. The predicted molar refractivity (Wildman–Crippen MR) is 201 cm³/mol. The van der Waals surface area contributed by atoms with Crippen molar-refractivity contribution in [2.45, 2.75) is 51.6 Å². The highest BCUT2D eigenvalue weighted by molar-refractivity contribution is 7.39. The van der Waals surface area contributed by atoms with Gasteiger partial charge in [-0.3, -0.25) is 14.7 Å². The van der Waals surface area contributed by atoms with E-state index in [0.717, 1.165) is 12.8 Å². The smallest absolute Gasteiger partial charge is 0.415 e. The number of aromatic nitrogens is 2. The predicted octanol–water partition coefficient (Wildman–Crippen LogP) is 5.51. The summed E-state index contributed by atoms with van der Waals surface area (Å²) in [5, 5.41) is 16.7. The van der Waals surface area contributed by atoms with Gasteiger partial charge in [-0.25, -0.2) is 10.6 Å². The standard InChI is InChI=1S/C36H42ClN8O6P/c1-35(2,3)20-42-30-21(17-38)18-41-31-27(30)13-23(14-28(31)37)45(34(47)50-11-6-12-51-52(48)49)32(29(39)19-44(40)36-15-22(36)16-36)25-7-5-8-26-24(25)9-10-43(4)33(26)46/h5,7-10,13-14,18-19,22,32,48-49H,6,11-12,15-16,20,39-40H2,1-4H3,(H,41,42)/b29-19-/t22?,32-,36?/m0/s1. The molecule has 0 radical (unpaired) electrons. The summed E-state index contributed by atoms with van der Waals surface area (Å²) >= 11 is 6.93. The van der Waals surface area contributed by atoms with E-state index in [1.54, 1.807) is 60.9 Å². The lowest BCUT2D eigenvalue weighted by molar-refractivity contribution is 0.141. The number of aryl methyl sites for hydroxylation is 1. The molecule has 2 fully saturated rings. The summed E-state index contributed by atoms with van der Waals surface area (Å²) in [7, 11) is -0.913. The number of fused-ring (bicyclic) bond motifs is 3. The molecule has 0 unspecified atom stereocenters. The highest BCUT2D eigenvalue weighted by atomic mass is 35.5. The maximum atomic E-state index is 14.5. The van der Waals surface area contributed by atoms with Gasteiger partial charge in [-0.05, 0) is 59.4 Å². The number of nitriles is 1. The Labute approximate surface area is 307 Å². The molecule has 0 spiro atoms. The molecule has 0 aliphatic heterocycles. The largest absolute Gasteiger partial charge is 0.449 e. The number of halogens is 1. The molecule has 2 saturated carbocycles. The number of hydrogen-bond donors (Lipinski definition) is 5. The van der Waals surface area contributed by atoms with Gasteiger partial charge in [0, 0.05) is 49.4 Å². The van der Waals surface area contributed by atoms with Gasteiger partial charge in [0.1, 0.15) is 12.1 Å². The van der Waals surface area contributed by atoms with Crippen LogP contribution in [0.3, 0.4) is 0 Å². The summed E-state index contributed by atoms with van der Waals surface area (Å²) in [6, 6.07) is 11.4. The van der Waals surface area contributed by atoms with Gasteiger partial charge in [0.15, 0.2) is 0 Å². The average molecular weight is 749 g/mol. The molecule has 4 aromatic rings. The van der Waals surface area contributed by atoms with Crippen LogP contribution in [-0.4, -0.2) is 55.7 Å². The molecule has 2 aliphatic rings. The third kappa shape index (κ3) is 7.52. The minimum atomic E-state index is -2.57. The van der Waals surface area contributed by atoms with E-state index < -0.39 is 20.7 Å². The van der Waals surface area contributed by atoms with Gasteiger partial charge in [-0.1, -0.05) is 44.5 Å². The van der Waals surface area contributed by atoms with E-state index in [4.69, 9.17) is 42.2 Å². The SMILES string of the molecule is Cn1ccc2c([C@@H](/C(N)=C/N(N)C34CC3C4)N(C(=O)OCCCOP(O)O)c3cc(Cl)c4ncc(C#N)c(NCC(C)(C)C)c4c3)cccc2c1=O. The molecule has 6 rings (SSSR count). The van der Waals surface area contributed by atoms with Gasteiger partial charge in [0.05, 0.1) is 51.9 Å². The van der Waals surface area contributed by atoms with Gasteiger partial charge in [0.2, 0.25) is 0 Å². The van der Waals surface area contributed by atoms with Gasteiger partial charge >= 0.3 is 14.7 Å². The first-order valence-electron chi connectivity index (χ1n) is 16.8. The molecule has 0 bridgehead atoms. The minimum Gasteiger partial charge on any atom is -0.449 e. The third-order valence-electron chi connectivity index (χ3n) is 9.49. The fourth-order valence-electron chi connectivity index (χ4n) is 6.37. The van der Waals surface area contributed by atoms with E-state index in [0.29, 0.717) is 45.4 Å². The van der Waals surface area contributed by atoms with Gasteiger partial charge < -0.3 is 39.7 Å². The molecule has 2 aromatic carbocycles. The number of carbonyl (C=O) groups is 1. The molecule has 1 amide bonds. The maximum Gasteiger partial charge on any atom is 0.415 e. The summed E-state index contributed by atoms with van der Waals surface area (Å²) in [5.41, 5.74) is 8.62. The van der Waals surface area contributed by atoms with Crippen molar-refractivity contribution in [1.82, 2.24) is 14.6 Å². The van der Waals surface area contributed by atoms with Crippen LogP contribution in [0.15, 0.2) is 65.5 Å². The molecular weight excluding hydrogens is 707 g/mol. The van der Waals surface area contributed by atoms with Gasteiger partial charge in [0.25, 0.3) is 5.56 Å². The average Bonchev–Trinajstić information content (AvgIpc) is 3.98. The van der Waals surface area contributed by atoms with E-state index in [1.165, 1.54) is 15.7 Å². The number of amides is 1. The van der Waals surface area contributed by atoms with Crippen molar-refractivity contribution < 1.29 is 23.8 Å². The van der Waals surface area contributed by atoms with Crippen LogP contribution in [0.2, 0.25) is 5.02 Å². The molecule has 7 N–H and O–H groups in total. The van der Waals surface area contributed by atoms with Crippen LogP contribution < -0.4 is 27.4 Å². The number of benzene rings is 2. The van der Waals surface area contributed by atoms with Crippen molar-refractivity contribution in [2.75, 3.05) is 30.0 Å². The Morgan fingerprint density at radius 3 is 2.63 bits per heavy atom. The first-order chi connectivity index (χ1) is 24.6. The zero-order valence-corrected chi connectivity index (χ0v) is 31.0. The van der Waals surface area contributed by atoms with Gasteiger partial charge in [-0.15, -0.1) is 0 Å². The number of nitrogens with one attached hydrogen (secondary N) is 1. The molecule has 2 aliphatic carbocycles. The van der Waals surface area contributed by atoms with Crippen molar-refractivity contribution in [2.24, 2.45) is 30.0 Å². The number of carbonyl (C=O) groups excluding carboxylic acids is 1. The lowest BCUT2D eigenvalue weighted by Gasteiger charge is -2.34. The fourth-order valence-corrected chi connectivity index (χ4v) is 6.92. The highest BCUT2D eigenvalue weighted by Crippen LogP contribution is 2.69. The van der Waals surface area contributed by atoms with E-state index >= 15 is 0 Å². The number of hydrazine groups is 1. The summed E-state index contributed by atoms with van der Waals surface area (Å²) in [5.74, 6) is 7.06. The van der Waals surface area contributed by atoms with Crippen LogP contribution in [0, 0.1) is 22.7 Å². The number of nitrogens with two attached hydrogens (primary N) is 2. The Balaban J connectivity index is 1.56. The Kier molecular flexibility index (Phi) is 10.4. The number of pyridine rings is 2. The second kappa shape index (κ2) is 14.5. The molecule has 14 nitrogen and oxygen atoms in total. The van der Waals surface area contributed by atoms with Crippen LogP contribution in [0.4, 0.5) is 16.2 Å². The number of hydrogen-bond acceptors (Lipinski definition) is 12. The number of nitrogens with zero attached hydrogens (tertiary/aromatic N) is 5. The molecular formula is C36H42ClN8O6P. The molecule has 52 heavy (non-hydrogen) atoms. The zero-order valence-electron chi connectivity index (χ0n) is 29.3. The number of ether oxygens (including phenoxy) is 1. The van der Waals surface area contributed by atoms with Gasteiger partial charge in [-0.2, -0.15) is 5.26 Å². The zero-order chi connectivity index (χ0) is 37.5. The van der Waals surface area contributed by atoms with Crippen molar-refractivity contribution in [3.05, 3.63) is 87.2 Å². The van der Waals surface area contributed by atoms with Crippen molar-refractivity contribution in [3.63, 3.8) is 0 Å². The van der Waals surface area contributed by atoms with Crippen LogP contribution in [0.5, 0.6) is 0 Å². The summed E-state index contributed by atoms with van der Waals surface area (Å²) in [4.78, 5) is 51.9. The van der Waals surface area contributed by atoms with Crippen LogP contribution in [0.1, 0.15) is 57.2 Å². The first kappa shape index (κ1) is 37.3. The summed E-state index contributed by atoms with van der Waals surface area (Å²) in [6.45, 7) is 6.48. The lowest BCUT2D eigenvalue weighted by atomic mass is 9.95. The maximum absolute atomic E-state index is 14.5. The second-order valence-corrected chi connectivity index (χ2v) is 15.7. The van der Waals surface area contributed by atoms with Crippen LogP contribution in [0.25, 0.3) is 21.7 Å². The van der Waals surface area contributed by atoms with Crippen LogP contribution in [-0.2, 0) is 16.3 Å². The van der Waals surface area contributed by atoms with E-state index in [2.05, 4.69) is 37.1 Å². The molecule has 2 aromatic heterocycles. The molecule has 274 valence electrons. The van der Waals surface area contributed by atoms with Crippen LogP contribution >= 0.6 is 20.2 Å². The van der Waals surface area contributed by atoms with E-state index in [-0.39, 0.29) is 58.1 Å². The van der Waals surface area contributed by atoms with Crippen molar-refractivity contribution in [1.29, 1.82) is 5.26 Å². The Bertz CT molecular complexity index is 2160. The fraction of sp³-hybridized carbons (Fsp3) is 0.389. The number of rotatable bonds is 13. The Hall–Kier alpha value is -4.48. The normalized spacial score (nSPS) is 18.5. The van der Waals surface area contributed by atoms with E-state index in [1.807, 2.05) is 0 Å². The van der Waals surface area contributed by atoms with Crippen molar-refractivity contribution >= 4 is 59.3 Å². The quantitative estimate of drug-likeness (QED) is 0.0497. The minimum absolute atomic E-state index is 0.0668. The molecule has 16 heteroatoms. The van der Waals surface area contributed by atoms with Crippen molar-refractivity contribution in [3.8, 4) is 6.07 Å². The highest BCUT2D eigenvalue weighted by Gasteiger charge is 2.72. The molecule has 2 heterocycles. The summed E-state index contributed by atoms with van der Waals surface area (Å²) in [6.07, 6.45) is 5.96. The number of anilines is 2. The third-order valence-corrected chi connectivity index (χ3v) is 10.2. The topological polar surface area (TPSA) is 205 Å². The molecule has 0 saturated heterocycles. The monoisotopic (exact) mass is 748 g/mol.